The Balaban J connectivity index is 2.10. The predicted molar refractivity (Wildman–Crippen MR) is 387 cm³/mol. The van der Waals surface area contributed by atoms with Gasteiger partial charge in [0.1, 0.15) is 24.4 Å². The monoisotopic (exact) mass is 1260 g/mol. The molecule has 0 radical (unpaired) electrons. The summed E-state index contributed by atoms with van der Waals surface area (Å²) in [4.78, 5) is 13.2. The normalized spacial score (nSPS) is 18.3. The molecule has 1 rings (SSSR count). The molecule has 0 aliphatic carbocycles. The van der Waals surface area contributed by atoms with Crippen molar-refractivity contribution in [3.63, 3.8) is 0 Å². The van der Waals surface area contributed by atoms with E-state index < -0.39 is 49.5 Å². The molecule has 0 aromatic heterocycles. The van der Waals surface area contributed by atoms with E-state index in [0.717, 1.165) is 83.5 Å². The maximum absolute atomic E-state index is 13.2. The molecule has 0 spiro atoms. The molecule has 0 aromatic rings. The number of carbonyl (C=O) groups excluding carboxylic acids is 1. The first-order chi connectivity index (χ1) is 44.3. The lowest BCUT2D eigenvalue weighted by Crippen LogP contribution is -2.60. The lowest BCUT2D eigenvalue weighted by Gasteiger charge is -2.40. The second-order valence-electron chi connectivity index (χ2n) is 26.4. The fourth-order valence-electron chi connectivity index (χ4n) is 12.0. The van der Waals surface area contributed by atoms with Gasteiger partial charge < -0.3 is 40.3 Å². The Morgan fingerprint density at radius 3 is 1.02 bits per heavy atom. The molecule has 90 heavy (non-hydrogen) atoms. The minimum Gasteiger partial charge on any atom is -0.394 e. The van der Waals surface area contributed by atoms with Gasteiger partial charge in [0, 0.05) is 6.42 Å². The molecule has 0 bridgehead atoms. The molecule has 7 unspecified atom stereocenters. The van der Waals surface area contributed by atoms with Crippen LogP contribution in [0.1, 0.15) is 354 Å². The molecule has 1 aliphatic heterocycles. The second kappa shape index (κ2) is 69.0. The fourth-order valence-corrected chi connectivity index (χ4v) is 12.0. The lowest BCUT2D eigenvalue weighted by molar-refractivity contribution is -0.302. The molecule has 1 fully saturated rings. The average Bonchev–Trinajstić information content (AvgIpc) is 1.28. The Kier molecular flexibility index (Phi) is 65.2. The SMILES string of the molecule is CC/C=C\C/C=C\C/C=C\C/C=C\C/C=C\C/C=C\C/C=C\CCCCCCCCCCCCCCCCCC(=O)NC(COC1OC(CO)C(O)C(O)C1O)C(O)/C=C/CCCCCCCCCCCCCCCCCCCCCCCCCCCCCC. The van der Waals surface area contributed by atoms with Crippen LogP contribution < -0.4 is 5.32 Å². The first-order valence-electron chi connectivity index (χ1n) is 38.5. The van der Waals surface area contributed by atoms with Crippen LogP contribution in [0.3, 0.4) is 0 Å². The second-order valence-corrected chi connectivity index (χ2v) is 26.4. The van der Waals surface area contributed by atoms with E-state index in [1.165, 1.54) is 250 Å². The van der Waals surface area contributed by atoms with Crippen molar-refractivity contribution >= 4 is 5.91 Å². The molecule has 1 heterocycles. The van der Waals surface area contributed by atoms with E-state index in [1.54, 1.807) is 6.08 Å². The molecule has 9 heteroatoms. The standard InChI is InChI=1S/C81H145NO8/c1-3-5-7-9-11-13-15-17-19-21-23-25-27-29-31-33-35-36-37-38-39-40-41-43-45-47-49-51-53-55-57-59-61-63-65-67-69-71-77(85)82-74(73-89-81-80(88)79(87)78(86)76(72-83)90-81)75(84)70-68-66-64-62-60-58-56-54-52-50-48-46-44-42-34-32-30-28-26-24-22-20-18-16-14-12-10-8-6-4-2/h5,7,11,13,17,19,23,25,29,31,35-36,38-39,68,70,74-76,78-81,83-84,86-88H,3-4,6,8-10,12,14-16,18,20-22,24,26-28,30,32-34,37,40-67,69,71-73H2,1-2H3,(H,82,85)/b7-5-,13-11-,19-17-,25-23-,31-29-,36-35-,39-38-,70-68+. The van der Waals surface area contributed by atoms with E-state index >= 15 is 0 Å². The van der Waals surface area contributed by atoms with Gasteiger partial charge >= 0.3 is 0 Å². The van der Waals surface area contributed by atoms with Crippen molar-refractivity contribution < 1.29 is 39.8 Å². The van der Waals surface area contributed by atoms with Gasteiger partial charge in [-0.05, 0) is 77.0 Å². The Labute approximate surface area is 555 Å². The summed E-state index contributed by atoms with van der Waals surface area (Å²) in [6.45, 7) is 3.71. The zero-order chi connectivity index (χ0) is 64.9. The van der Waals surface area contributed by atoms with Crippen LogP contribution in [0.5, 0.6) is 0 Å². The van der Waals surface area contributed by atoms with Gasteiger partial charge in [-0.2, -0.15) is 0 Å². The van der Waals surface area contributed by atoms with E-state index in [-0.39, 0.29) is 12.5 Å². The number of hydrogen-bond acceptors (Lipinski definition) is 8. The number of aliphatic hydroxyl groups excluding tert-OH is 5. The first-order valence-corrected chi connectivity index (χ1v) is 38.5. The minimum atomic E-state index is -1.57. The lowest BCUT2D eigenvalue weighted by atomic mass is 9.99. The van der Waals surface area contributed by atoms with Crippen molar-refractivity contribution in [2.75, 3.05) is 13.2 Å². The van der Waals surface area contributed by atoms with Crippen LogP contribution in [0.15, 0.2) is 97.2 Å². The topological polar surface area (TPSA) is 149 Å². The van der Waals surface area contributed by atoms with Crippen LogP contribution in [-0.2, 0) is 14.3 Å². The van der Waals surface area contributed by atoms with E-state index in [0.29, 0.717) is 6.42 Å². The van der Waals surface area contributed by atoms with Gasteiger partial charge in [0.25, 0.3) is 0 Å². The van der Waals surface area contributed by atoms with Gasteiger partial charge in [0.15, 0.2) is 6.29 Å². The summed E-state index contributed by atoms with van der Waals surface area (Å²) in [5, 5.41) is 54.9. The van der Waals surface area contributed by atoms with Crippen LogP contribution in [-0.4, -0.2) is 87.5 Å². The molecule has 9 nitrogen and oxygen atoms in total. The zero-order valence-corrected chi connectivity index (χ0v) is 58.6. The number of rotatable bonds is 67. The van der Waals surface area contributed by atoms with E-state index in [4.69, 9.17) is 9.47 Å². The zero-order valence-electron chi connectivity index (χ0n) is 58.6. The van der Waals surface area contributed by atoms with Crippen LogP contribution >= 0.6 is 0 Å². The maximum Gasteiger partial charge on any atom is 0.220 e. The summed E-state index contributed by atoms with van der Waals surface area (Å²) < 4.78 is 11.3. The highest BCUT2D eigenvalue weighted by Gasteiger charge is 2.44. The van der Waals surface area contributed by atoms with Crippen molar-refractivity contribution in [1.29, 1.82) is 0 Å². The fraction of sp³-hybridized carbons (Fsp3) is 0.790. The molecule has 1 saturated heterocycles. The van der Waals surface area contributed by atoms with Crippen molar-refractivity contribution in [1.82, 2.24) is 5.32 Å². The van der Waals surface area contributed by atoms with Gasteiger partial charge in [-0.15, -0.1) is 0 Å². The van der Waals surface area contributed by atoms with Gasteiger partial charge in [-0.1, -0.05) is 368 Å². The number of nitrogens with one attached hydrogen (secondary N) is 1. The molecule has 0 saturated carbocycles. The van der Waals surface area contributed by atoms with Gasteiger partial charge in [-0.25, -0.2) is 0 Å². The van der Waals surface area contributed by atoms with Crippen molar-refractivity contribution in [2.45, 2.75) is 397 Å². The Hall–Kier alpha value is -2.89. The summed E-state index contributed by atoms with van der Waals surface area (Å²) in [6, 6.07) is -0.812. The number of hydrogen-bond donors (Lipinski definition) is 6. The quantitative estimate of drug-likeness (QED) is 0.0261. The number of carbonyl (C=O) groups is 1. The van der Waals surface area contributed by atoms with Crippen molar-refractivity contribution in [3.8, 4) is 0 Å². The van der Waals surface area contributed by atoms with Crippen LogP contribution in [0.2, 0.25) is 0 Å². The number of amides is 1. The number of aliphatic hydroxyl groups is 5. The van der Waals surface area contributed by atoms with Crippen molar-refractivity contribution in [3.05, 3.63) is 97.2 Å². The molecular weight excluding hydrogens is 1110 g/mol. The van der Waals surface area contributed by atoms with Crippen LogP contribution in [0.25, 0.3) is 0 Å². The summed E-state index contributed by atoms with van der Waals surface area (Å²) in [5.74, 6) is -0.175. The molecule has 7 atom stereocenters. The largest absolute Gasteiger partial charge is 0.394 e. The third-order valence-electron chi connectivity index (χ3n) is 17.9. The van der Waals surface area contributed by atoms with Crippen molar-refractivity contribution in [2.24, 2.45) is 0 Å². The van der Waals surface area contributed by atoms with Gasteiger partial charge in [-0.3, -0.25) is 4.79 Å². The van der Waals surface area contributed by atoms with Gasteiger partial charge in [0.2, 0.25) is 5.91 Å². The Morgan fingerprint density at radius 2 is 0.689 bits per heavy atom. The Bertz CT molecular complexity index is 1750. The molecule has 1 aliphatic rings. The van der Waals surface area contributed by atoms with E-state index in [1.807, 2.05) is 6.08 Å². The van der Waals surface area contributed by atoms with E-state index in [2.05, 4.69) is 104 Å². The molecule has 6 N–H and O–H groups in total. The van der Waals surface area contributed by atoms with Gasteiger partial charge in [0.05, 0.1) is 25.4 Å². The van der Waals surface area contributed by atoms with E-state index in [9.17, 15) is 30.3 Å². The van der Waals surface area contributed by atoms with Crippen LogP contribution in [0.4, 0.5) is 0 Å². The number of ether oxygens (including phenoxy) is 2. The molecule has 1 amide bonds. The summed E-state index contributed by atoms with van der Waals surface area (Å²) in [6.07, 6.45) is 93.9. The maximum atomic E-state index is 13.2. The third kappa shape index (κ3) is 56.6. The van der Waals surface area contributed by atoms with Crippen LogP contribution in [0, 0.1) is 0 Å². The highest BCUT2D eigenvalue weighted by molar-refractivity contribution is 5.76. The third-order valence-corrected chi connectivity index (χ3v) is 17.9. The number of unbranched alkanes of at least 4 members (excludes halogenated alkanes) is 43. The summed E-state index contributed by atoms with van der Waals surface area (Å²) >= 11 is 0. The summed E-state index contributed by atoms with van der Waals surface area (Å²) in [7, 11) is 0. The molecule has 0 aromatic carbocycles. The molecular formula is C81H145NO8. The molecule has 522 valence electrons. The highest BCUT2D eigenvalue weighted by Crippen LogP contribution is 2.24. The summed E-state index contributed by atoms with van der Waals surface area (Å²) in [5.41, 5.74) is 0. The first kappa shape index (κ1) is 85.1. The number of allylic oxidation sites excluding steroid dienone is 15. The highest BCUT2D eigenvalue weighted by atomic mass is 16.7. The Morgan fingerprint density at radius 1 is 0.389 bits per heavy atom. The minimum absolute atomic E-state index is 0.175. The smallest absolute Gasteiger partial charge is 0.220 e. The predicted octanol–water partition coefficient (Wildman–Crippen LogP) is 21.8. The average molecular weight is 1260 g/mol.